The third kappa shape index (κ3) is 3.05. The zero-order valence-corrected chi connectivity index (χ0v) is 11.3. The van der Waals surface area contributed by atoms with Crippen LogP contribution in [0.4, 0.5) is 0 Å². The topological polar surface area (TPSA) is 101 Å². The van der Waals surface area contributed by atoms with E-state index in [9.17, 15) is 4.79 Å². The minimum atomic E-state index is -0.249. The van der Waals surface area contributed by atoms with Crippen LogP contribution in [-0.2, 0) is 7.05 Å². The molecule has 0 radical (unpaired) electrons. The van der Waals surface area contributed by atoms with Crippen LogP contribution in [0.2, 0.25) is 0 Å². The van der Waals surface area contributed by atoms with E-state index < -0.39 is 0 Å². The van der Waals surface area contributed by atoms with Gasteiger partial charge in [0, 0.05) is 12.8 Å². The number of aromatic nitrogens is 3. The second kappa shape index (κ2) is 5.75. The summed E-state index contributed by atoms with van der Waals surface area (Å²) in [5.74, 6) is 0.495. The second-order valence-electron chi connectivity index (χ2n) is 4.10. The van der Waals surface area contributed by atoms with Gasteiger partial charge in [-0.3, -0.25) is 9.98 Å². The Bertz CT molecular complexity index is 619. The van der Waals surface area contributed by atoms with E-state index in [1.807, 2.05) is 30.3 Å². The minimum absolute atomic E-state index is 0.110. The van der Waals surface area contributed by atoms with Crippen LogP contribution >= 0.6 is 11.8 Å². The average molecular weight is 277 g/mol. The Morgan fingerprint density at radius 1 is 1.53 bits per heavy atom. The maximum absolute atomic E-state index is 11.3. The normalized spacial score (nSPS) is 12.3. The number of nitrogens with zero attached hydrogens (tertiary/aromatic N) is 2. The third-order valence-electron chi connectivity index (χ3n) is 2.80. The Labute approximate surface area is 114 Å². The first-order chi connectivity index (χ1) is 9.09. The van der Waals surface area contributed by atoms with Crippen molar-refractivity contribution in [2.75, 3.05) is 5.75 Å². The van der Waals surface area contributed by atoms with Gasteiger partial charge in [-0.2, -0.15) is 0 Å². The first kappa shape index (κ1) is 13.4. The van der Waals surface area contributed by atoms with Crippen molar-refractivity contribution in [2.45, 2.75) is 11.1 Å². The highest BCUT2D eigenvalue weighted by Crippen LogP contribution is 2.24. The maximum Gasteiger partial charge on any atom is 0.343 e. The summed E-state index contributed by atoms with van der Waals surface area (Å²) in [4.78, 5) is 11.3. The van der Waals surface area contributed by atoms with Crippen LogP contribution in [0.3, 0.4) is 0 Å². The van der Waals surface area contributed by atoms with Gasteiger partial charge in [0.2, 0.25) is 0 Å². The summed E-state index contributed by atoms with van der Waals surface area (Å²) in [5.41, 5.74) is 6.39. The Morgan fingerprint density at radius 3 is 2.74 bits per heavy atom. The van der Waals surface area contributed by atoms with Crippen molar-refractivity contribution in [3.8, 4) is 0 Å². The molecule has 0 fully saturated rings. The van der Waals surface area contributed by atoms with E-state index in [4.69, 9.17) is 11.1 Å². The SMILES string of the molecule is Cn1c(SCC(C(=N)N)c2ccccc2)n[nH]c1=O. The monoisotopic (exact) mass is 277 g/mol. The fourth-order valence-electron chi connectivity index (χ4n) is 1.67. The van der Waals surface area contributed by atoms with Gasteiger partial charge in [0.05, 0.1) is 11.8 Å². The number of nitrogens with one attached hydrogen (secondary N) is 2. The van der Waals surface area contributed by atoms with Gasteiger partial charge in [-0.25, -0.2) is 9.89 Å². The van der Waals surface area contributed by atoms with E-state index in [1.165, 1.54) is 16.3 Å². The van der Waals surface area contributed by atoms with Crippen molar-refractivity contribution in [3.63, 3.8) is 0 Å². The van der Waals surface area contributed by atoms with Gasteiger partial charge >= 0.3 is 5.69 Å². The number of nitrogens with two attached hydrogens (primary N) is 1. The fourth-order valence-corrected chi connectivity index (χ4v) is 2.74. The van der Waals surface area contributed by atoms with Crippen LogP contribution < -0.4 is 11.4 Å². The highest BCUT2D eigenvalue weighted by atomic mass is 32.2. The number of rotatable bonds is 5. The standard InChI is InChI=1S/C12H15N5OS/c1-17-11(18)15-16-12(17)19-7-9(10(13)14)8-5-3-2-4-6-8/h2-6,9H,7H2,1H3,(H3,13,14)(H,15,18). The summed E-state index contributed by atoms with van der Waals surface area (Å²) < 4.78 is 1.44. The second-order valence-corrected chi connectivity index (χ2v) is 5.09. The molecule has 0 aliphatic heterocycles. The summed E-state index contributed by atoms with van der Waals surface area (Å²) >= 11 is 1.40. The summed E-state index contributed by atoms with van der Waals surface area (Å²) in [6.07, 6.45) is 0. The lowest BCUT2D eigenvalue weighted by molar-refractivity contribution is 0.764. The molecule has 0 amide bonds. The van der Waals surface area contributed by atoms with Crippen molar-refractivity contribution in [1.82, 2.24) is 14.8 Å². The molecule has 0 bridgehead atoms. The van der Waals surface area contributed by atoms with Crippen molar-refractivity contribution in [1.29, 1.82) is 5.41 Å². The van der Waals surface area contributed by atoms with Crippen LogP contribution in [0.25, 0.3) is 0 Å². The fraction of sp³-hybridized carbons (Fsp3) is 0.250. The lowest BCUT2D eigenvalue weighted by Gasteiger charge is -2.14. The summed E-state index contributed by atoms with van der Waals surface area (Å²) in [5, 5.41) is 14.6. The molecule has 1 unspecified atom stereocenters. The highest BCUT2D eigenvalue weighted by molar-refractivity contribution is 7.99. The predicted molar refractivity (Wildman–Crippen MR) is 75.6 cm³/mol. The smallest absolute Gasteiger partial charge is 0.343 e. The highest BCUT2D eigenvalue weighted by Gasteiger charge is 2.16. The molecule has 19 heavy (non-hydrogen) atoms. The zero-order chi connectivity index (χ0) is 13.8. The van der Waals surface area contributed by atoms with Gasteiger partial charge in [0.25, 0.3) is 0 Å². The summed E-state index contributed by atoms with van der Waals surface area (Å²) in [7, 11) is 1.65. The van der Waals surface area contributed by atoms with Gasteiger partial charge in [-0.15, -0.1) is 5.10 Å². The quantitative estimate of drug-likeness (QED) is 0.430. The van der Waals surface area contributed by atoms with Crippen LogP contribution in [0.1, 0.15) is 11.5 Å². The van der Waals surface area contributed by atoms with Gasteiger partial charge in [-0.1, -0.05) is 42.1 Å². The molecule has 6 nitrogen and oxygen atoms in total. The molecule has 0 aliphatic rings. The predicted octanol–water partition coefficient (Wildman–Crippen LogP) is 0.920. The Morgan fingerprint density at radius 2 is 2.21 bits per heavy atom. The lowest BCUT2D eigenvalue weighted by atomic mass is 10.0. The Balaban J connectivity index is 2.13. The van der Waals surface area contributed by atoms with E-state index in [-0.39, 0.29) is 17.4 Å². The Hall–Kier alpha value is -2.02. The summed E-state index contributed by atoms with van der Waals surface area (Å²) in [6.45, 7) is 0. The molecule has 7 heteroatoms. The molecule has 2 aromatic rings. The average Bonchev–Trinajstić information content (AvgIpc) is 2.72. The minimum Gasteiger partial charge on any atom is -0.387 e. The van der Waals surface area contributed by atoms with Crippen molar-refractivity contribution in [3.05, 3.63) is 46.4 Å². The molecule has 0 aliphatic carbocycles. The zero-order valence-electron chi connectivity index (χ0n) is 10.5. The van der Waals surface area contributed by atoms with E-state index >= 15 is 0 Å². The van der Waals surface area contributed by atoms with E-state index in [0.717, 1.165) is 5.56 Å². The van der Waals surface area contributed by atoms with E-state index in [1.54, 1.807) is 7.05 Å². The number of thioether (sulfide) groups is 1. The molecule has 4 N–H and O–H groups in total. The molecule has 1 heterocycles. The maximum atomic E-state index is 11.3. The largest absolute Gasteiger partial charge is 0.387 e. The molecule has 0 spiro atoms. The molecular weight excluding hydrogens is 262 g/mol. The van der Waals surface area contributed by atoms with Crippen LogP contribution in [0.5, 0.6) is 0 Å². The van der Waals surface area contributed by atoms with E-state index in [2.05, 4.69) is 10.2 Å². The van der Waals surface area contributed by atoms with Crippen molar-refractivity contribution in [2.24, 2.45) is 12.8 Å². The van der Waals surface area contributed by atoms with Crippen molar-refractivity contribution >= 4 is 17.6 Å². The molecule has 0 saturated carbocycles. The van der Waals surface area contributed by atoms with Crippen LogP contribution in [0, 0.1) is 5.41 Å². The van der Waals surface area contributed by atoms with Crippen molar-refractivity contribution < 1.29 is 0 Å². The third-order valence-corrected chi connectivity index (χ3v) is 3.92. The van der Waals surface area contributed by atoms with Gasteiger partial charge in [-0.05, 0) is 5.56 Å². The van der Waals surface area contributed by atoms with Crippen LogP contribution in [-0.4, -0.2) is 26.4 Å². The van der Waals surface area contributed by atoms with Gasteiger partial charge in [0.1, 0.15) is 0 Å². The molecule has 2 rings (SSSR count). The number of aromatic amines is 1. The number of benzene rings is 1. The molecular formula is C12H15N5OS. The number of hydrogen-bond donors (Lipinski definition) is 3. The first-order valence-electron chi connectivity index (χ1n) is 5.72. The van der Waals surface area contributed by atoms with Crippen LogP contribution in [0.15, 0.2) is 40.3 Å². The Kier molecular flexibility index (Phi) is 4.06. The number of hydrogen-bond acceptors (Lipinski definition) is 4. The first-order valence-corrected chi connectivity index (χ1v) is 6.71. The molecule has 1 atom stereocenters. The van der Waals surface area contributed by atoms with Gasteiger partial charge < -0.3 is 5.73 Å². The molecule has 1 aromatic heterocycles. The molecule has 1 aromatic carbocycles. The summed E-state index contributed by atoms with van der Waals surface area (Å²) in [6, 6.07) is 9.64. The number of amidine groups is 1. The van der Waals surface area contributed by atoms with E-state index in [0.29, 0.717) is 10.9 Å². The molecule has 0 saturated heterocycles. The number of H-pyrrole nitrogens is 1. The lowest BCUT2D eigenvalue weighted by Crippen LogP contribution is -2.22. The van der Waals surface area contributed by atoms with Gasteiger partial charge in [0.15, 0.2) is 5.16 Å². The molecule has 100 valence electrons.